The lowest BCUT2D eigenvalue weighted by molar-refractivity contribution is 0.107. The van der Waals surface area contributed by atoms with Crippen LogP contribution >= 0.6 is 0 Å². The summed E-state index contributed by atoms with van der Waals surface area (Å²) in [6.45, 7) is 3.31. The van der Waals surface area contributed by atoms with E-state index in [1.807, 2.05) is 24.3 Å². The fraction of sp³-hybridized carbons (Fsp3) is 0.469. The Hall–Kier alpha value is -3.59. The van der Waals surface area contributed by atoms with Gasteiger partial charge < -0.3 is 14.7 Å². The van der Waals surface area contributed by atoms with Crippen molar-refractivity contribution in [3.05, 3.63) is 48.4 Å². The van der Waals surface area contributed by atoms with Crippen LogP contribution in [0.5, 0.6) is 11.8 Å². The summed E-state index contributed by atoms with van der Waals surface area (Å²) in [6.07, 6.45) is 6.76. The molecule has 1 aliphatic carbocycles. The van der Waals surface area contributed by atoms with Crippen molar-refractivity contribution in [1.82, 2.24) is 19.9 Å². The number of hydrogen-bond donors (Lipinski definition) is 1. The van der Waals surface area contributed by atoms with E-state index in [4.69, 9.17) is 9.72 Å². The quantitative estimate of drug-likeness (QED) is 0.328. The van der Waals surface area contributed by atoms with Crippen LogP contribution in [0.1, 0.15) is 38.5 Å². The first-order chi connectivity index (χ1) is 20.0. The maximum atomic E-state index is 16.5. The third kappa shape index (κ3) is 4.19. The second-order valence-corrected chi connectivity index (χ2v) is 12.5. The smallest absolute Gasteiger partial charge is 0.319 e. The number of alkyl halides is 1. The van der Waals surface area contributed by atoms with Crippen LogP contribution in [0.4, 0.5) is 14.6 Å². The van der Waals surface area contributed by atoms with Crippen molar-refractivity contribution in [2.45, 2.75) is 50.2 Å². The summed E-state index contributed by atoms with van der Waals surface area (Å²) in [6, 6.07) is 10.9. The number of rotatable bonds is 5. The third-order valence-corrected chi connectivity index (χ3v) is 9.88. The molecule has 4 aromatic rings. The molecule has 1 saturated carbocycles. The molecule has 8 rings (SSSR count). The zero-order valence-corrected chi connectivity index (χ0v) is 22.9. The average Bonchev–Trinajstić information content (AvgIpc) is 3.61. The molecule has 2 bridgehead atoms. The number of pyridine rings is 1. The van der Waals surface area contributed by atoms with Gasteiger partial charge in [-0.25, -0.2) is 8.78 Å². The molecule has 212 valence electrons. The summed E-state index contributed by atoms with van der Waals surface area (Å²) in [5.74, 6) is 1.32. The van der Waals surface area contributed by atoms with E-state index in [9.17, 15) is 9.50 Å². The lowest BCUT2D eigenvalue weighted by Gasteiger charge is -2.34. The Kier molecular flexibility index (Phi) is 5.81. The highest BCUT2D eigenvalue weighted by molar-refractivity contribution is 5.99. The van der Waals surface area contributed by atoms with Crippen LogP contribution in [0.3, 0.4) is 0 Å². The zero-order chi connectivity index (χ0) is 27.7. The number of piperidine rings is 1. The fourth-order valence-electron chi connectivity index (χ4n) is 8.03. The van der Waals surface area contributed by atoms with Gasteiger partial charge in [0.05, 0.1) is 10.9 Å². The number of anilines is 1. The molecular formula is C32H33F2N5O2. The molecular weight excluding hydrogens is 524 g/mol. The predicted octanol–water partition coefficient (Wildman–Crippen LogP) is 5.88. The number of benzene rings is 2. The number of hydrogen-bond acceptors (Lipinski definition) is 7. The second-order valence-electron chi connectivity index (χ2n) is 12.5. The van der Waals surface area contributed by atoms with E-state index < -0.39 is 12.0 Å². The van der Waals surface area contributed by atoms with Crippen molar-refractivity contribution in [3.63, 3.8) is 0 Å². The van der Waals surface area contributed by atoms with E-state index >= 15 is 4.39 Å². The zero-order valence-electron chi connectivity index (χ0n) is 22.9. The summed E-state index contributed by atoms with van der Waals surface area (Å²) in [5, 5.41) is 12.6. The normalized spacial score (nSPS) is 27.7. The van der Waals surface area contributed by atoms with Gasteiger partial charge in [-0.15, -0.1) is 0 Å². The number of phenolic OH excluding ortho intramolecular Hbond substituents is 1. The van der Waals surface area contributed by atoms with Crippen molar-refractivity contribution in [1.29, 1.82) is 0 Å². The molecule has 0 radical (unpaired) electrons. The maximum absolute atomic E-state index is 16.5. The van der Waals surface area contributed by atoms with Gasteiger partial charge in [0.15, 0.2) is 5.82 Å². The average molecular weight is 558 g/mol. The molecule has 3 unspecified atom stereocenters. The number of aromatic hydroxyl groups is 1. The first kappa shape index (κ1) is 25.1. The van der Waals surface area contributed by atoms with Crippen LogP contribution < -0.4 is 9.64 Å². The molecule has 1 N–H and O–H groups in total. The Morgan fingerprint density at radius 3 is 2.73 bits per heavy atom. The van der Waals surface area contributed by atoms with Crippen LogP contribution in [0.25, 0.3) is 32.9 Å². The van der Waals surface area contributed by atoms with Gasteiger partial charge in [0.2, 0.25) is 0 Å². The third-order valence-electron chi connectivity index (χ3n) is 9.88. The van der Waals surface area contributed by atoms with Gasteiger partial charge in [0.25, 0.3) is 0 Å². The molecule has 41 heavy (non-hydrogen) atoms. The molecule has 0 spiro atoms. The van der Waals surface area contributed by atoms with Crippen molar-refractivity contribution in [3.8, 4) is 23.0 Å². The number of fused-ring (bicyclic) bond motifs is 5. The van der Waals surface area contributed by atoms with E-state index in [1.165, 1.54) is 19.3 Å². The monoisotopic (exact) mass is 557 g/mol. The van der Waals surface area contributed by atoms with Crippen LogP contribution in [0.2, 0.25) is 0 Å². The lowest BCUT2D eigenvalue weighted by Crippen LogP contribution is -2.43. The molecule has 2 aromatic carbocycles. The van der Waals surface area contributed by atoms with Gasteiger partial charge in [-0.3, -0.25) is 9.88 Å². The Bertz CT molecular complexity index is 1650. The van der Waals surface area contributed by atoms with Crippen LogP contribution in [-0.4, -0.2) is 69.5 Å². The minimum atomic E-state index is -0.862. The van der Waals surface area contributed by atoms with Gasteiger partial charge in [0, 0.05) is 37.8 Å². The van der Waals surface area contributed by atoms with Crippen molar-refractivity contribution in [2.24, 2.45) is 11.8 Å². The van der Waals surface area contributed by atoms with Crippen LogP contribution in [0.15, 0.2) is 42.6 Å². The molecule has 4 atom stereocenters. The number of phenols is 1. The standard InChI is InChI=1S/C32H33F2N5O2/c33-22-13-32(8-3-9-39(32)17-22)18-41-31-36-29-26(30(37-31)38-15-19-6-7-20(10-19)16-38)14-35-28(27(29)34)25-12-23(40)11-21-4-1-2-5-24(21)25/h1-2,4-5,11-12,14,19-20,22,40H,3,6-10,13,15-18H2/t19?,20?,22-,32?/m1/s1. The SMILES string of the molecule is Oc1cc(-c2ncc3c(N4CC5CCC(C5)C4)nc(OCC45CCCN4C[C@H](F)C5)nc3c2F)c2ccccc2c1. The van der Waals surface area contributed by atoms with Crippen molar-refractivity contribution < 1.29 is 18.6 Å². The minimum Gasteiger partial charge on any atom is -0.508 e. The first-order valence-corrected chi connectivity index (χ1v) is 14.8. The summed E-state index contributed by atoms with van der Waals surface area (Å²) in [7, 11) is 0. The molecule has 0 amide bonds. The molecule has 2 aromatic heterocycles. The highest BCUT2D eigenvalue weighted by Crippen LogP contribution is 2.43. The second kappa shape index (κ2) is 9.48. The minimum absolute atomic E-state index is 0.0410. The van der Waals surface area contributed by atoms with Gasteiger partial charge in [-0.05, 0) is 73.4 Å². The van der Waals surface area contributed by atoms with Gasteiger partial charge >= 0.3 is 6.01 Å². The van der Waals surface area contributed by atoms with Crippen molar-refractivity contribution >= 4 is 27.5 Å². The molecule has 9 heteroatoms. The van der Waals surface area contributed by atoms with E-state index in [0.29, 0.717) is 41.6 Å². The molecule has 3 aliphatic heterocycles. The fourth-order valence-corrected chi connectivity index (χ4v) is 8.03. The summed E-state index contributed by atoms with van der Waals surface area (Å²) in [4.78, 5) is 18.5. The highest BCUT2D eigenvalue weighted by Gasteiger charge is 2.49. The number of nitrogens with zero attached hydrogens (tertiary/aromatic N) is 5. The summed E-state index contributed by atoms with van der Waals surface area (Å²) >= 11 is 0. The van der Waals surface area contributed by atoms with Gasteiger partial charge in [-0.2, -0.15) is 9.97 Å². The molecule has 7 nitrogen and oxygen atoms in total. The summed E-state index contributed by atoms with van der Waals surface area (Å²) in [5.41, 5.74) is 0.412. The Morgan fingerprint density at radius 2 is 1.88 bits per heavy atom. The molecule has 4 aliphatic rings. The maximum Gasteiger partial charge on any atom is 0.319 e. The molecule has 5 heterocycles. The molecule has 4 fully saturated rings. The topological polar surface area (TPSA) is 74.6 Å². The predicted molar refractivity (Wildman–Crippen MR) is 153 cm³/mol. The highest BCUT2D eigenvalue weighted by atomic mass is 19.1. The number of ether oxygens (including phenoxy) is 1. The van der Waals surface area contributed by atoms with Gasteiger partial charge in [-0.1, -0.05) is 24.3 Å². The Morgan fingerprint density at radius 1 is 1.05 bits per heavy atom. The number of aromatic nitrogens is 3. The summed E-state index contributed by atoms with van der Waals surface area (Å²) < 4.78 is 37.2. The Labute approximate surface area is 237 Å². The van der Waals surface area contributed by atoms with Crippen molar-refractivity contribution in [2.75, 3.05) is 37.7 Å². The van der Waals surface area contributed by atoms with Crippen LogP contribution in [0, 0.1) is 17.7 Å². The molecule has 3 saturated heterocycles. The van der Waals surface area contributed by atoms with Gasteiger partial charge in [0.1, 0.15) is 35.6 Å². The van der Waals surface area contributed by atoms with E-state index in [-0.39, 0.29) is 35.1 Å². The lowest BCUT2D eigenvalue weighted by atomic mass is 9.95. The Balaban J connectivity index is 1.24. The van der Waals surface area contributed by atoms with Crippen LogP contribution in [-0.2, 0) is 0 Å². The number of halogens is 2. The van der Waals surface area contributed by atoms with E-state index in [1.54, 1.807) is 18.3 Å². The first-order valence-electron chi connectivity index (χ1n) is 14.8. The van der Waals surface area contributed by atoms with E-state index in [2.05, 4.69) is 19.8 Å². The largest absolute Gasteiger partial charge is 0.508 e. The van der Waals surface area contributed by atoms with E-state index in [0.717, 1.165) is 43.2 Å².